The highest BCUT2D eigenvalue weighted by Crippen LogP contribution is 2.29. The molecule has 1 aromatic heterocycles. The van der Waals surface area contributed by atoms with Crippen LogP contribution in [0.25, 0.3) is 0 Å². The van der Waals surface area contributed by atoms with E-state index >= 15 is 0 Å². The molecule has 1 amide bonds. The van der Waals surface area contributed by atoms with Crippen molar-refractivity contribution >= 4 is 28.2 Å². The molecule has 1 fully saturated rings. The minimum atomic E-state index is -3.84. The number of ether oxygens (including phenoxy) is 2. The third-order valence-corrected chi connectivity index (χ3v) is 7.63. The number of hydrogen-bond donors (Lipinski definition) is 2. The molecule has 2 aromatic rings. The van der Waals surface area contributed by atoms with Gasteiger partial charge in [-0.25, -0.2) is 13.4 Å². The zero-order valence-electron chi connectivity index (χ0n) is 20.9. The number of pyridine rings is 1. The van der Waals surface area contributed by atoms with Crippen LogP contribution in [0.3, 0.4) is 0 Å². The van der Waals surface area contributed by atoms with Crippen LogP contribution in [0, 0.1) is 11.8 Å². The second kappa shape index (κ2) is 13.9. The minimum Gasteiger partial charge on any atom is -0.497 e. The average molecular weight is 542 g/mol. The van der Waals surface area contributed by atoms with Gasteiger partial charge in [0.25, 0.3) is 0 Å². The maximum atomic E-state index is 12.9. The number of sulfone groups is 1. The van der Waals surface area contributed by atoms with Gasteiger partial charge in [-0.15, -0.1) is 12.4 Å². The Morgan fingerprint density at radius 2 is 1.83 bits per heavy atom. The molecule has 0 unspecified atom stereocenters. The van der Waals surface area contributed by atoms with Crippen molar-refractivity contribution in [3.63, 3.8) is 0 Å². The van der Waals surface area contributed by atoms with Crippen LogP contribution >= 0.6 is 12.4 Å². The van der Waals surface area contributed by atoms with Crippen LogP contribution in [0.1, 0.15) is 51.5 Å². The molecule has 3 rings (SSSR count). The summed E-state index contributed by atoms with van der Waals surface area (Å²) >= 11 is 0. The van der Waals surface area contributed by atoms with E-state index < -0.39 is 9.84 Å². The van der Waals surface area contributed by atoms with Gasteiger partial charge in [0.05, 0.1) is 24.7 Å². The maximum Gasteiger partial charge on any atom is 0.236 e. The summed E-state index contributed by atoms with van der Waals surface area (Å²) < 4.78 is 36.8. The second-order valence-electron chi connectivity index (χ2n) is 9.35. The van der Waals surface area contributed by atoms with Gasteiger partial charge < -0.3 is 9.47 Å². The maximum absolute atomic E-state index is 12.9. The molecule has 200 valence electrons. The van der Waals surface area contributed by atoms with Gasteiger partial charge in [0.2, 0.25) is 15.7 Å². The molecule has 1 aliphatic carbocycles. The summed E-state index contributed by atoms with van der Waals surface area (Å²) in [7, 11) is -2.34. The van der Waals surface area contributed by atoms with Gasteiger partial charge in [0.15, 0.2) is 5.03 Å². The fourth-order valence-electron chi connectivity index (χ4n) is 4.07. The van der Waals surface area contributed by atoms with Gasteiger partial charge >= 0.3 is 0 Å². The standard InChI is InChI=1S/C25H35N3O6S.ClH/c1-18(2)17-34-22-6-4-19(5-7-22)14-24(29)27-28(30)16-20-12-13-26-25(15-20)35(31,32)23-10-8-21(33-3)9-11-23;/h8-13,15,18-19,22,30H,4-7,14,16-17H2,1-3H3,(H,27,29);1H. The predicted octanol–water partition coefficient (Wildman–Crippen LogP) is 4.19. The third-order valence-electron chi connectivity index (χ3n) is 5.96. The van der Waals surface area contributed by atoms with E-state index in [1.807, 2.05) is 0 Å². The molecule has 0 saturated heterocycles. The summed E-state index contributed by atoms with van der Waals surface area (Å²) in [4.78, 5) is 16.5. The van der Waals surface area contributed by atoms with E-state index in [1.54, 1.807) is 18.2 Å². The lowest BCUT2D eigenvalue weighted by molar-refractivity contribution is -0.166. The van der Waals surface area contributed by atoms with Crippen molar-refractivity contribution in [1.82, 2.24) is 15.6 Å². The third kappa shape index (κ3) is 8.70. The van der Waals surface area contributed by atoms with Crippen LogP contribution < -0.4 is 10.2 Å². The Kier molecular flexibility index (Phi) is 11.6. The summed E-state index contributed by atoms with van der Waals surface area (Å²) in [6.45, 7) is 4.93. The first-order valence-corrected chi connectivity index (χ1v) is 13.4. The Labute approximate surface area is 219 Å². The summed E-state index contributed by atoms with van der Waals surface area (Å²) in [5.74, 6) is 1.03. The van der Waals surface area contributed by atoms with Gasteiger partial charge in [-0.1, -0.05) is 19.0 Å². The van der Waals surface area contributed by atoms with Crippen molar-refractivity contribution < 1.29 is 27.9 Å². The molecular weight excluding hydrogens is 506 g/mol. The average Bonchev–Trinajstić information content (AvgIpc) is 2.83. The molecule has 1 aliphatic rings. The quantitative estimate of drug-likeness (QED) is 0.407. The van der Waals surface area contributed by atoms with Crippen molar-refractivity contribution in [2.24, 2.45) is 11.8 Å². The first kappa shape index (κ1) is 30.0. The molecule has 0 bridgehead atoms. The molecule has 1 heterocycles. The number of nitrogens with one attached hydrogen (secondary N) is 1. The Morgan fingerprint density at radius 3 is 2.44 bits per heavy atom. The van der Waals surface area contributed by atoms with Crippen LogP contribution in [0.4, 0.5) is 0 Å². The molecular formula is C25H36ClN3O6S. The zero-order chi connectivity index (χ0) is 25.4. The molecule has 0 atom stereocenters. The van der Waals surface area contributed by atoms with E-state index in [2.05, 4.69) is 24.3 Å². The number of aromatic nitrogens is 1. The molecule has 36 heavy (non-hydrogen) atoms. The number of hydrazine groups is 1. The van der Waals surface area contributed by atoms with Gasteiger partial charge in [-0.2, -0.15) is 0 Å². The molecule has 11 heteroatoms. The summed E-state index contributed by atoms with van der Waals surface area (Å²) in [6, 6.07) is 8.99. The van der Waals surface area contributed by atoms with Crippen LogP contribution in [-0.4, -0.2) is 49.5 Å². The summed E-state index contributed by atoms with van der Waals surface area (Å²) in [6.07, 6.45) is 5.66. The van der Waals surface area contributed by atoms with E-state index in [9.17, 15) is 18.4 Å². The Balaban J connectivity index is 0.00000456. The minimum absolute atomic E-state index is 0. The number of amides is 1. The molecule has 0 radical (unpaired) electrons. The van der Waals surface area contributed by atoms with Crippen LogP contribution in [-0.2, 0) is 25.9 Å². The largest absolute Gasteiger partial charge is 0.497 e. The Hall–Kier alpha value is -2.24. The molecule has 9 nitrogen and oxygen atoms in total. The van der Waals surface area contributed by atoms with Crippen LogP contribution in [0.5, 0.6) is 5.75 Å². The fourth-order valence-corrected chi connectivity index (χ4v) is 5.31. The second-order valence-corrected chi connectivity index (χ2v) is 11.2. The number of carbonyl (C=O) groups excluding carboxylic acids is 1. The van der Waals surface area contributed by atoms with E-state index in [1.165, 1.54) is 31.5 Å². The van der Waals surface area contributed by atoms with Gasteiger partial charge in [0, 0.05) is 19.2 Å². The first-order chi connectivity index (χ1) is 16.7. The van der Waals surface area contributed by atoms with Gasteiger partial charge in [-0.3, -0.25) is 15.4 Å². The monoisotopic (exact) mass is 541 g/mol. The first-order valence-electron chi connectivity index (χ1n) is 11.9. The number of methoxy groups -OCH3 is 1. The number of benzene rings is 1. The highest BCUT2D eigenvalue weighted by atomic mass is 35.5. The highest BCUT2D eigenvalue weighted by Gasteiger charge is 2.24. The molecule has 2 N–H and O–H groups in total. The predicted molar refractivity (Wildman–Crippen MR) is 137 cm³/mol. The lowest BCUT2D eigenvalue weighted by Gasteiger charge is -2.29. The van der Waals surface area contributed by atoms with Crippen molar-refractivity contribution in [1.29, 1.82) is 0 Å². The lowest BCUT2D eigenvalue weighted by Crippen LogP contribution is -2.40. The molecule has 0 spiro atoms. The van der Waals surface area contributed by atoms with E-state index in [-0.39, 0.29) is 46.8 Å². The lowest BCUT2D eigenvalue weighted by atomic mass is 9.85. The molecule has 1 aromatic carbocycles. The van der Waals surface area contributed by atoms with E-state index in [0.717, 1.165) is 32.3 Å². The zero-order valence-corrected chi connectivity index (χ0v) is 22.6. The topological polar surface area (TPSA) is 118 Å². The highest BCUT2D eigenvalue weighted by molar-refractivity contribution is 7.91. The normalized spacial score (nSPS) is 18.1. The van der Waals surface area contributed by atoms with Crippen molar-refractivity contribution in [2.75, 3.05) is 13.7 Å². The fraction of sp³-hybridized carbons (Fsp3) is 0.520. The smallest absolute Gasteiger partial charge is 0.236 e. The van der Waals surface area contributed by atoms with Crippen LogP contribution in [0.15, 0.2) is 52.5 Å². The summed E-state index contributed by atoms with van der Waals surface area (Å²) in [5.41, 5.74) is 2.95. The van der Waals surface area contributed by atoms with Gasteiger partial charge in [0.1, 0.15) is 5.75 Å². The number of hydrogen-bond acceptors (Lipinski definition) is 8. The van der Waals surface area contributed by atoms with Crippen molar-refractivity contribution in [3.8, 4) is 5.75 Å². The Bertz CT molecular complexity index is 1070. The van der Waals surface area contributed by atoms with Crippen molar-refractivity contribution in [3.05, 3.63) is 48.2 Å². The van der Waals surface area contributed by atoms with E-state index in [4.69, 9.17) is 9.47 Å². The number of hydroxylamine groups is 1. The van der Waals surface area contributed by atoms with Gasteiger partial charge in [-0.05, 0) is 79.5 Å². The van der Waals surface area contributed by atoms with E-state index in [0.29, 0.717) is 28.8 Å². The molecule has 0 aliphatic heterocycles. The molecule has 1 saturated carbocycles. The number of carbonyl (C=O) groups is 1. The number of halogens is 1. The number of rotatable bonds is 11. The summed E-state index contributed by atoms with van der Waals surface area (Å²) in [5, 5.41) is 10.8. The number of nitrogens with zero attached hydrogens (tertiary/aromatic N) is 2. The van der Waals surface area contributed by atoms with Crippen LogP contribution in [0.2, 0.25) is 0 Å². The van der Waals surface area contributed by atoms with Crippen molar-refractivity contribution in [2.45, 2.75) is 68.5 Å². The Morgan fingerprint density at radius 1 is 1.17 bits per heavy atom. The SMILES string of the molecule is COc1ccc(S(=O)(=O)c2cc(CN(O)NC(=O)CC3CCC(OCC(C)C)CC3)ccn2)cc1.Cl.